The molecule has 3 heterocycles. The number of nitrogens with zero attached hydrogens (tertiary/aromatic N) is 3. The molecule has 0 amide bonds. The fourth-order valence-electron chi connectivity index (χ4n) is 2.77. The van der Waals surface area contributed by atoms with E-state index >= 15 is 0 Å². The molecule has 2 atom stereocenters. The molecular weight excluding hydrogens is 394 g/mol. The molecule has 12 nitrogen and oxygen atoms in total. The fourth-order valence-corrected chi connectivity index (χ4v) is 3.97. The number of ether oxygens (including phenoxy) is 2. The molecule has 2 aliphatic rings. The molecule has 28 heavy (non-hydrogen) atoms. The highest BCUT2D eigenvalue weighted by Crippen LogP contribution is 2.11. The second-order valence-electron chi connectivity index (χ2n) is 6.58. The van der Waals surface area contributed by atoms with Gasteiger partial charge in [-0.25, -0.2) is 28.1 Å². The van der Waals surface area contributed by atoms with Gasteiger partial charge in [-0.3, -0.25) is 0 Å². The van der Waals surface area contributed by atoms with Crippen LogP contribution in [0.25, 0.3) is 0 Å². The van der Waals surface area contributed by atoms with Gasteiger partial charge < -0.3 is 27.9 Å². The molecule has 1 aromatic rings. The summed E-state index contributed by atoms with van der Waals surface area (Å²) in [7, 11) is -0.384. The van der Waals surface area contributed by atoms with Gasteiger partial charge in [-0.2, -0.15) is 0 Å². The summed E-state index contributed by atoms with van der Waals surface area (Å²) in [4.78, 5) is 38.0. The summed E-state index contributed by atoms with van der Waals surface area (Å²) in [5.41, 5.74) is -2.01. The highest BCUT2D eigenvalue weighted by atomic mass is 28.4. The lowest BCUT2D eigenvalue weighted by molar-refractivity contribution is 0.0720. The lowest BCUT2D eigenvalue weighted by Gasteiger charge is -2.24. The maximum atomic E-state index is 12.7. The van der Waals surface area contributed by atoms with E-state index in [0.717, 1.165) is 13.7 Å². The van der Waals surface area contributed by atoms with Crippen LogP contribution >= 0.6 is 0 Å². The molecule has 158 valence electrons. The van der Waals surface area contributed by atoms with E-state index in [2.05, 4.69) is 0 Å². The van der Waals surface area contributed by atoms with Gasteiger partial charge in [-0.1, -0.05) is 0 Å². The van der Waals surface area contributed by atoms with E-state index in [1.54, 1.807) is 0 Å². The minimum absolute atomic E-state index is 0.0400. The molecule has 2 unspecified atom stereocenters. The van der Waals surface area contributed by atoms with E-state index in [1.165, 1.54) is 14.2 Å². The summed E-state index contributed by atoms with van der Waals surface area (Å²) >= 11 is 0. The Balaban J connectivity index is 1.78. The van der Waals surface area contributed by atoms with Gasteiger partial charge in [0, 0.05) is 27.4 Å². The van der Waals surface area contributed by atoms with Gasteiger partial charge in [0.1, 0.15) is 6.23 Å². The van der Waals surface area contributed by atoms with Gasteiger partial charge in [0.15, 0.2) is 0 Å². The third kappa shape index (κ3) is 4.68. The first kappa shape index (κ1) is 21.1. The van der Waals surface area contributed by atoms with Crippen molar-refractivity contribution in [2.75, 3.05) is 40.3 Å². The molecule has 2 saturated heterocycles. The van der Waals surface area contributed by atoms with Gasteiger partial charge in [-0.15, -0.1) is 0 Å². The predicted molar refractivity (Wildman–Crippen MR) is 96.1 cm³/mol. The van der Waals surface area contributed by atoms with E-state index in [1.807, 2.05) is 0 Å². The fraction of sp³-hybridized carbons (Fsp3) is 0.800. The van der Waals surface area contributed by atoms with Gasteiger partial charge in [0.05, 0.1) is 38.5 Å². The minimum Gasteiger partial charge on any atom is -0.392 e. The van der Waals surface area contributed by atoms with Crippen molar-refractivity contribution in [3.63, 3.8) is 0 Å². The van der Waals surface area contributed by atoms with E-state index in [4.69, 9.17) is 22.8 Å². The Morgan fingerprint density at radius 3 is 1.82 bits per heavy atom. The molecule has 0 saturated carbocycles. The lowest BCUT2D eigenvalue weighted by Crippen LogP contribution is -2.55. The van der Waals surface area contributed by atoms with Gasteiger partial charge in [0.2, 0.25) is 0 Å². The average Bonchev–Trinajstić information content (AvgIpc) is 3.61. The standard InChI is InChI=1S/C15H25N3O9Si/c1-23-28(10-19,24-2)27-5-3-4-16-13(20)17(6-11-8-25-11)15(22)18(14(16)21)7-12-9-26-12/h11-12,19H,3-10H2,1-2H3. The Morgan fingerprint density at radius 1 is 0.964 bits per heavy atom. The summed E-state index contributed by atoms with van der Waals surface area (Å²) in [6, 6.07) is 0. The Labute approximate surface area is 161 Å². The maximum Gasteiger partial charge on any atom is 0.527 e. The zero-order valence-corrected chi connectivity index (χ0v) is 16.9. The first-order valence-corrected chi connectivity index (χ1v) is 10.9. The van der Waals surface area contributed by atoms with Crippen molar-refractivity contribution in [1.29, 1.82) is 0 Å². The SMILES string of the molecule is CO[Si](CO)(OC)OCCCn1c(=O)n(CC2CO2)c(=O)n(CC2CO2)c1=O. The molecule has 2 aliphatic heterocycles. The molecule has 1 N–H and O–H groups in total. The first-order valence-electron chi connectivity index (χ1n) is 8.97. The van der Waals surface area contributed by atoms with Crippen LogP contribution in [0.15, 0.2) is 14.4 Å². The van der Waals surface area contributed by atoms with Crippen LogP contribution < -0.4 is 17.1 Å². The molecule has 0 bridgehead atoms. The lowest BCUT2D eigenvalue weighted by atomic mass is 10.4. The molecular formula is C15H25N3O9Si. The van der Waals surface area contributed by atoms with Gasteiger partial charge in [-0.05, 0) is 6.42 Å². The number of aromatic nitrogens is 3. The van der Waals surface area contributed by atoms with Crippen molar-refractivity contribution >= 4 is 8.80 Å². The molecule has 0 aliphatic carbocycles. The second-order valence-corrected chi connectivity index (χ2v) is 9.37. The molecule has 3 rings (SSSR count). The second kappa shape index (κ2) is 8.81. The van der Waals surface area contributed by atoms with Crippen LogP contribution in [0.1, 0.15) is 6.42 Å². The largest absolute Gasteiger partial charge is 0.527 e. The molecule has 0 spiro atoms. The molecule has 0 radical (unpaired) electrons. The van der Waals surface area contributed by atoms with Crippen LogP contribution in [-0.2, 0) is 42.4 Å². The monoisotopic (exact) mass is 419 g/mol. The molecule has 1 aromatic heterocycles. The average molecular weight is 419 g/mol. The van der Waals surface area contributed by atoms with Gasteiger partial charge in [0.25, 0.3) is 0 Å². The maximum absolute atomic E-state index is 12.7. The van der Waals surface area contributed by atoms with Gasteiger partial charge >= 0.3 is 25.9 Å². The van der Waals surface area contributed by atoms with Crippen molar-refractivity contribution in [2.45, 2.75) is 38.3 Å². The zero-order chi connectivity index (χ0) is 20.3. The first-order chi connectivity index (χ1) is 13.4. The van der Waals surface area contributed by atoms with E-state index < -0.39 is 25.9 Å². The number of aliphatic hydroxyl groups excluding tert-OH is 1. The summed E-state index contributed by atoms with van der Waals surface area (Å²) < 4.78 is 29.1. The highest BCUT2D eigenvalue weighted by molar-refractivity contribution is 6.60. The predicted octanol–water partition coefficient (Wildman–Crippen LogP) is -2.86. The molecule has 2 fully saturated rings. The topological polar surface area (TPSA) is 139 Å². The van der Waals surface area contributed by atoms with Crippen LogP contribution in [0, 0.1) is 0 Å². The quantitative estimate of drug-likeness (QED) is 0.215. The third-order valence-corrected chi connectivity index (χ3v) is 6.90. The van der Waals surface area contributed by atoms with E-state index in [0.29, 0.717) is 13.2 Å². The Hall–Kier alpha value is -1.61. The zero-order valence-electron chi connectivity index (χ0n) is 15.9. The summed E-state index contributed by atoms with van der Waals surface area (Å²) in [6.07, 6.45) is -0.482. The molecule has 0 aromatic carbocycles. The van der Waals surface area contributed by atoms with Crippen molar-refractivity contribution in [3.8, 4) is 0 Å². The highest BCUT2D eigenvalue weighted by Gasteiger charge is 2.38. The van der Waals surface area contributed by atoms with Crippen LogP contribution in [0.4, 0.5) is 0 Å². The number of rotatable bonds is 12. The van der Waals surface area contributed by atoms with Crippen LogP contribution in [0.2, 0.25) is 0 Å². The van der Waals surface area contributed by atoms with Crippen LogP contribution in [0.3, 0.4) is 0 Å². The summed E-state index contributed by atoms with van der Waals surface area (Å²) in [5, 5.41) is 9.38. The minimum atomic E-state index is -3.14. The van der Waals surface area contributed by atoms with E-state index in [9.17, 15) is 19.5 Å². The third-order valence-electron chi connectivity index (χ3n) is 4.63. The van der Waals surface area contributed by atoms with Crippen molar-refractivity contribution in [1.82, 2.24) is 13.7 Å². The number of hydrogen-bond donors (Lipinski definition) is 1. The van der Waals surface area contributed by atoms with E-state index in [-0.39, 0.29) is 51.1 Å². The number of aliphatic hydroxyl groups is 1. The van der Waals surface area contributed by atoms with Crippen molar-refractivity contribution in [2.24, 2.45) is 0 Å². The smallest absolute Gasteiger partial charge is 0.392 e. The normalized spacial score (nSPS) is 21.1. The Morgan fingerprint density at radius 2 is 1.43 bits per heavy atom. The summed E-state index contributed by atoms with van der Waals surface area (Å²) in [6.45, 7) is 1.32. The summed E-state index contributed by atoms with van der Waals surface area (Å²) in [5.74, 6) is 0. The number of epoxide rings is 2. The van der Waals surface area contributed by atoms with Crippen LogP contribution in [0.5, 0.6) is 0 Å². The van der Waals surface area contributed by atoms with Crippen molar-refractivity contribution < 1.29 is 27.9 Å². The number of hydrogen-bond acceptors (Lipinski definition) is 9. The Kier molecular flexibility index (Phi) is 6.64. The Bertz CT molecular complexity index is 791. The van der Waals surface area contributed by atoms with Crippen molar-refractivity contribution in [3.05, 3.63) is 31.5 Å². The van der Waals surface area contributed by atoms with Crippen LogP contribution in [-0.4, -0.2) is 80.1 Å². The molecule has 13 heteroatoms.